The summed E-state index contributed by atoms with van der Waals surface area (Å²) in [4.78, 5) is 14.7. The predicted molar refractivity (Wildman–Crippen MR) is 73.1 cm³/mol. The van der Waals surface area contributed by atoms with Crippen LogP contribution in [0.15, 0.2) is 29.6 Å². The number of carboxylic acid groups (broad SMARTS) is 1. The van der Waals surface area contributed by atoms with Crippen LogP contribution in [0, 0.1) is 0 Å². The summed E-state index contributed by atoms with van der Waals surface area (Å²) in [6.45, 7) is 0. The number of hydrogen-bond donors (Lipinski definition) is 1. The third-order valence-corrected chi connectivity index (χ3v) is 4.05. The van der Waals surface area contributed by atoms with Gasteiger partial charge in [0.05, 0.1) is 11.4 Å². The van der Waals surface area contributed by atoms with Gasteiger partial charge in [-0.05, 0) is 5.56 Å². The Bertz CT molecular complexity index is 702. The Morgan fingerprint density at radius 3 is 2.42 bits per heavy atom. The number of sulfone groups is 1. The highest BCUT2D eigenvalue weighted by atomic mass is 32.2. The van der Waals surface area contributed by atoms with Gasteiger partial charge in [0.15, 0.2) is 9.84 Å². The topological polar surface area (TPSA) is 84.3 Å². The highest BCUT2D eigenvalue weighted by molar-refractivity contribution is 7.89. The van der Waals surface area contributed by atoms with Crippen molar-refractivity contribution in [1.82, 2.24) is 4.98 Å². The van der Waals surface area contributed by atoms with Gasteiger partial charge >= 0.3 is 5.97 Å². The molecule has 0 aliphatic carbocycles. The van der Waals surface area contributed by atoms with Crippen molar-refractivity contribution in [3.05, 3.63) is 40.2 Å². The van der Waals surface area contributed by atoms with Gasteiger partial charge in [-0.2, -0.15) is 0 Å². The Balaban J connectivity index is 2.24. The van der Waals surface area contributed by atoms with Crippen molar-refractivity contribution in [2.24, 2.45) is 0 Å². The summed E-state index contributed by atoms with van der Waals surface area (Å²) < 4.78 is 22.3. The minimum Gasteiger partial charge on any atom is -0.476 e. The van der Waals surface area contributed by atoms with Gasteiger partial charge in [0, 0.05) is 17.2 Å². The summed E-state index contributed by atoms with van der Waals surface area (Å²) in [6.07, 6.45) is 1.18. The molecule has 2 aromatic rings. The Hall–Kier alpha value is -1.73. The summed E-state index contributed by atoms with van der Waals surface area (Å²) in [6, 6.07) is 6.88. The molecular weight excluding hydrogens is 286 g/mol. The lowest BCUT2D eigenvalue weighted by Crippen LogP contribution is -2.00. The maximum Gasteiger partial charge on any atom is 0.365 e. The first-order valence-corrected chi connectivity index (χ1v) is 8.25. The molecule has 0 unspecified atom stereocenters. The van der Waals surface area contributed by atoms with Gasteiger partial charge in [-0.25, -0.2) is 18.2 Å². The first-order chi connectivity index (χ1) is 8.85. The molecule has 19 heavy (non-hydrogen) atoms. The quantitative estimate of drug-likeness (QED) is 0.933. The van der Waals surface area contributed by atoms with E-state index in [0.29, 0.717) is 11.3 Å². The van der Waals surface area contributed by atoms with E-state index in [2.05, 4.69) is 4.98 Å². The summed E-state index contributed by atoms with van der Waals surface area (Å²) in [5, 5.41) is 10.5. The molecule has 0 amide bonds. The molecule has 0 saturated heterocycles. The number of carbonyl (C=O) groups is 1. The Kier molecular flexibility index (Phi) is 3.68. The second kappa shape index (κ2) is 5.10. The van der Waals surface area contributed by atoms with Crippen LogP contribution in [0.5, 0.6) is 0 Å². The van der Waals surface area contributed by atoms with Crippen molar-refractivity contribution in [3.63, 3.8) is 0 Å². The molecule has 1 heterocycles. The van der Waals surface area contributed by atoms with E-state index in [0.717, 1.165) is 16.9 Å². The lowest BCUT2D eigenvalue weighted by molar-refractivity contribution is 0.0696. The number of benzene rings is 1. The van der Waals surface area contributed by atoms with E-state index in [-0.39, 0.29) is 10.8 Å². The minimum atomic E-state index is -3.05. The largest absolute Gasteiger partial charge is 0.476 e. The molecule has 2 rings (SSSR count). The average molecular weight is 297 g/mol. The number of carboxylic acids is 1. The van der Waals surface area contributed by atoms with Gasteiger partial charge in [-0.3, -0.25) is 0 Å². The van der Waals surface area contributed by atoms with Crippen LogP contribution in [0.4, 0.5) is 0 Å². The second-order valence-corrected chi connectivity index (χ2v) is 7.11. The lowest BCUT2D eigenvalue weighted by atomic mass is 10.1. The van der Waals surface area contributed by atoms with Crippen molar-refractivity contribution < 1.29 is 18.3 Å². The first-order valence-electron chi connectivity index (χ1n) is 5.31. The molecule has 0 aliphatic heterocycles. The van der Waals surface area contributed by atoms with E-state index in [1.54, 1.807) is 29.6 Å². The van der Waals surface area contributed by atoms with Gasteiger partial charge < -0.3 is 5.11 Å². The van der Waals surface area contributed by atoms with Crippen molar-refractivity contribution in [2.45, 2.75) is 5.75 Å². The van der Waals surface area contributed by atoms with Gasteiger partial charge in [-0.1, -0.05) is 24.3 Å². The SMILES string of the molecule is CS(=O)(=O)Cc1ccc(-c2csc(C(=O)O)n2)cc1. The van der Waals surface area contributed by atoms with Crippen LogP contribution in [0.25, 0.3) is 11.3 Å². The highest BCUT2D eigenvalue weighted by Crippen LogP contribution is 2.22. The summed E-state index contributed by atoms with van der Waals surface area (Å²) in [7, 11) is -3.05. The molecule has 0 bridgehead atoms. The molecule has 5 nitrogen and oxygen atoms in total. The molecule has 1 aromatic heterocycles. The molecule has 0 saturated carbocycles. The zero-order chi connectivity index (χ0) is 14.0. The molecule has 0 atom stereocenters. The van der Waals surface area contributed by atoms with E-state index in [1.165, 1.54) is 6.26 Å². The highest BCUT2D eigenvalue weighted by Gasteiger charge is 2.10. The maximum atomic E-state index is 11.2. The van der Waals surface area contributed by atoms with Crippen LogP contribution in [0.2, 0.25) is 0 Å². The first kappa shape index (κ1) is 13.7. The van der Waals surface area contributed by atoms with Gasteiger partial charge in [-0.15, -0.1) is 11.3 Å². The van der Waals surface area contributed by atoms with Crippen LogP contribution < -0.4 is 0 Å². The van der Waals surface area contributed by atoms with Crippen LogP contribution in [-0.2, 0) is 15.6 Å². The van der Waals surface area contributed by atoms with Crippen molar-refractivity contribution >= 4 is 27.1 Å². The second-order valence-electron chi connectivity index (χ2n) is 4.11. The number of aromatic nitrogens is 1. The fraction of sp³-hybridized carbons (Fsp3) is 0.167. The smallest absolute Gasteiger partial charge is 0.365 e. The molecule has 100 valence electrons. The van der Waals surface area contributed by atoms with Gasteiger partial charge in [0.25, 0.3) is 0 Å². The average Bonchev–Trinajstić information content (AvgIpc) is 2.77. The van der Waals surface area contributed by atoms with E-state index in [1.807, 2.05) is 0 Å². The Morgan fingerprint density at radius 1 is 1.32 bits per heavy atom. The van der Waals surface area contributed by atoms with Crippen molar-refractivity contribution in [2.75, 3.05) is 6.26 Å². The fourth-order valence-corrected chi connectivity index (χ4v) is 3.04. The van der Waals surface area contributed by atoms with Crippen molar-refractivity contribution in [1.29, 1.82) is 0 Å². The molecule has 1 aromatic carbocycles. The number of nitrogens with zero attached hydrogens (tertiary/aromatic N) is 1. The third-order valence-electron chi connectivity index (χ3n) is 2.37. The van der Waals surface area contributed by atoms with E-state index < -0.39 is 15.8 Å². The number of hydrogen-bond acceptors (Lipinski definition) is 5. The summed E-state index contributed by atoms with van der Waals surface area (Å²) in [5.41, 5.74) is 2.04. The Morgan fingerprint density at radius 2 is 1.95 bits per heavy atom. The molecule has 0 fully saturated rings. The van der Waals surface area contributed by atoms with Gasteiger partial charge in [0.2, 0.25) is 5.01 Å². The minimum absolute atomic E-state index is 0.00920. The summed E-state index contributed by atoms with van der Waals surface area (Å²) >= 11 is 1.06. The Labute approximate surface area is 114 Å². The normalized spacial score (nSPS) is 11.4. The van der Waals surface area contributed by atoms with Crippen LogP contribution in [0.1, 0.15) is 15.4 Å². The third kappa shape index (κ3) is 3.62. The lowest BCUT2D eigenvalue weighted by Gasteiger charge is -2.01. The number of rotatable bonds is 4. The van der Waals surface area contributed by atoms with E-state index in [4.69, 9.17) is 5.11 Å². The van der Waals surface area contributed by atoms with Crippen LogP contribution in [-0.4, -0.2) is 30.7 Å². The molecular formula is C12H11NO4S2. The predicted octanol–water partition coefficient (Wildman–Crippen LogP) is 2.05. The van der Waals surface area contributed by atoms with Crippen LogP contribution >= 0.6 is 11.3 Å². The maximum absolute atomic E-state index is 11.2. The monoisotopic (exact) mass is 297 g/mol. The van der Waals surface area contributed by atoms with Crippen molar-refractivity contribution in [3.8, 4) is 11.3 Å². The number of thiazole rings is 1. The zero-order valence-corrected chi connectivity index (χ0v) is 11.7. The molecule has 7 heteroatoms. The molecule has 1 N–H and O–H groups in total. The van der Waals surface area contributed by atoms with E-state index >= 15 is 0 Å². The van der Waals surface area contributed by atoms with Gasteiger partial charge in [0.1, 0.15) is 0 Å². The standard InChI is InChI=1S/C12H11NO4S2/c1-19(16,17)7-8-2-4-9(5-3-8)10-6-18-11(13-10)12(14)15/h2-6H,7H2,1H3,(H,14,15). The zero-order valence-electron chi connectivity index (χ0n) is 10.0. The molecule has 0 radical (unpaired) electrons. The number of aromatic carboxylic acids is 1. The molecule has 0 spiro atoms. The molecule has 0 aliphatic rings. The summed E-state index contributed by atoms with van der Waals surface area (Å²) in [5.74, 6) is -1.06. The van der Waals surface area contributed by atoms with Crippen LogP contribution in [0.3, 0.4) is 0 Å². The van der Waals surface area contributed by atoms with E-state index in [9.17, 15) is 13.2 Å². The fourth-order valence-electron chi connectivity index (χ4n) is 1.58.